The molecule has 0 aromatic heterocycles. The number of rotatable bonds is 4. The minimum Gasteiger partial charge on any atom is -0.491 e. The molecular weight excluding hydrogens is 314 g/mol. The van der Waals surface area contributed by atoms with Crippen molar-refractivity contribution < 1.29 is 9.53 Å². The Labute approximate surface area is 151 Å². The van der Waals surface area contributed by atoms with Crippen molar-refractivity contribution in [1.29, 1.82) is 0 Å². The Morgan fingerprint density at radius 1 is 1.16 bits per heavy atom. The minimum absolute atomic E-state index is 0.182. The van der Waals surface area contributed by atoms with Gasteiger partial charge in [0.2, 0.25) is 5.91 Å². The van der Waals surface area contributed by atoms with Crippen molar-refractivity contribution >= 4 is 5.91 Å². The predicted octanol–water partition coefficient (Wildman–Crippen LogP) is 2.29. The van der Waals surface area contributed by atoms with E-state index in [0.29, 0.717) is 5.91 Å². The molecule has 138 valence electrons. The lowest BCUT2D eigenvalue weighted by Gasteiger charge is -2.41. The van der Waals surface area contributed by atoms with Gasteiger partial charge < -0.3 is 15.0 Å². The van der Waals surface area contributed by atoms with E-state index in [-0.39, 0.29) is 18.1 Å². The van der Waals surface area contributed by atoms with E-state index in [1.165, 1.54) is 5.56 Å². The van der Waals surface area contributed by atoms with Gasteiger partial charge in [0.05, 0.1) is 12.1 Å². The summed E-state index contributed by atoms with van der Waals surface area (Å²) in [6.45, 7) is 8.54. The monoisotopic (exact) mass is 345 g/mol. The molecule has 1 aromatic carbocycles. The van der Waals surface area contributed by atoms with Crippen LogP contribution in [0.15, 0.2) is 24.3 Å². The number of nitrogens with one attached hydrogen (secondary N) is 1. The summed E-state index contributed by atoms with van der Waals surface area (Å²) in [7, 11) is 2.15. The van der Waals surface area contributed by atoms with Gasteiger partial charge in [-0.1, -0.05) is 12.1 Å². The second-order valence-corrected chi connectivity index (χ2v) is 7.54. The molecule has 3 rings (SSSR count). The number of ether oxygens (including phenoxy) is 1. The summed E-state index contributed by atoms with van der Waals surface area (Å²) in [5.41, 5.74) is 1.25. The molecule has 0 spiro atoms. The van der Waals surface area contributed by atoms with E-state index >= 15 is 0 Å². The number of carbonyl (C=O) groups excluding carboxylic acids is 1. The molecule has 0 radical (unpaired) electrons. The molecule has 1 amide bonds. The summed E-state index contributed by atoms with van der Waals surface area (Å²) < 4.78 is 5.74. The molecule has 1 aromatic rings. The lowest BCUT2D eigenvalue weighted by Crippen LogP contribution is -2.51. The maximum Gasteiger partial charge on any atom is 0.225 e. The fourth-order valence-corrected chi connectivity index (χ4v) is 3.80. The van der Waals surface area contributed by atoms with E-state index < -0.39 is 0 Å². The predicted molar refractivity (Wildman–Crippen MR) is 99.8 cm³/mol. The highest BCUT2D eigenvalue weighted by atomic mass is 16.5. The van der Waals surface area contributed by atoms with Crippen LogP contribution in [0.4, 0.5) is 0 Å². The number of amides is 1. The third kappa shape index (κ3) is 4.53. The van der Waals surface area contributed by atoms with Crippen molar-refractivity contribution in [3.8, 4) is 5.75 Å². The zero-order valence-electron chi connectivity index (χ0n) is 15.7. The van der Waals surface area contributed by atoms with Crippen LogP contribution >= 0.6 is 0 Å². The molecule has 2 aliphatic rings. The van der Waals surface area contributed by atoms with Gasteiger partial charge in [-0.05, 0) is 64.5 Å². The normalized spacial score (nSPS) is 23.0. The van der Waals surface area contributed by atoms with Gasteiger partial charge in [0.25, 0.3) is 0 Å². The van der Waals surface area contributed by atoms with Crippen LogP contribution in [-0.2, 0) is 4.79 Å². The molecule has 0 bridgehead atoms. The number of carbonyl (C=O) groups is 1. The fourth-order valence-electron chi connectivity index (χ4n) is 3.80. The standard InChI is InChI=1S/C20H31N3O2/c1-15(2)25-18-6-4-16(5-7-18)19-14-23(13-12-22(19)3)20(24)17-8-10-21-11-9-17/h4-7,15,17,19,21H,8-14H2,1-3H3/t19-/m1/s1. The summed E-state index contributed by atoms with van der Waals surface area (Å²) in [6, 6.07) is 8.61. The fraction of sp³-hybridized carbons (Fsp3) is 0.650. The van der Waals surface area contributed by atoms with Crippen LogP contribution < -0.4 is 10.1 Å². The van der Waals surface area contributed by atoms with Crippen molar-refractivity contribution in [2.75, 3.05) is 39.8 Å². The third-order valence-corrected chi connectivity index (χ3v) is 5.28. The first kappa shape index (κ1) is 18.2. The summed E-state index contributed by atoms with van der Waals surface area (Å²) >= 11 is 0. The van der Waals surface area contributed by atoms with Crippen LogP contribution in [0.5, 0.6) is 5.75 Å². The molecule has 2 fully saturated rings. The molecule has 1 atom stereocenters. The summed E-state index contributed by atoms with van der Waals surface area (Å²) in [5.74, 6) is 1.45. The molecule has 5 nitrogen and oxygen atoms in total. The molecule has 2 saturated heterocycles. The summed E-state index contributed by atoms with van der Waals surface area (Å²) in [5, 5.41) is 3.34. The lowest BCUT2D eigenvalue weighted by atomic mass is 9.95. The molecule has 0 aliphatic carbocycles. The number of hydrogen-bond donors (Lipinski definition) is 1. The Morgan fingerprint density at radius 2 is 1.84 bits per heavy atom. The molecule has 0 saturated carbocycles. The molecule has 1 N–H and O–H groups in total. The number of likely N-dealkylation sites (N-methyl/N-ethyl adjacent to an activating group) is 1. The topological polar surface area (TPSA) is 44.8 Å². The largest absolute Gasteiger partial charge is 0.491 e. The quantitative estimate of drug-likeness (QED) is 0.909. The van der Waals surface area contributed by atoms with E-state index in [9.17, 15) is 4.79 Å². The van der Waals surface area contributed by atoms with Crippen LogP contribution in [0.1, 0.15) is 38.3 Å². The van der Waals surface area contributed by atoms with Crippen LogP contribution in [0, 0.1) is 5.92 Å². The highest BCUT2D eigenvalue weighted by Gasteiger charge is 2.32. The van der Waals surface area contributed by atoms with Gasteiger partial charge in [0.15, 0.2) is 0 Å². The van der Waals surface area contributed by atoms with E-state index in [4.69, 9.17) is 4.74 Å². The summed E-state index contributed by atoms with van der Waals surface area (Å²) in [6.07, 6.45) is 2.12. The molecule has 2 aliphatic heterocycles. The van der Waals surface area contributed by atoms with Crippen LogP contribution in [-0.4, -0.2) is 61.6 Å². The average Bonchev–Trinajstić information content (AvgIpc) is 2.63. The molecular formula is C20H31N3O2. The Kier molecular flexibility index (Phi) is 5.97. The van der Waals surface area contributed by atoms with E-state index in [1.54, 1.807) is 0 Å². The van der Waals surface area contributed by atoms with Gasteiger partial charge in [-0.2, -0.15) is 0 Å². The van der Waals surface area contributed by atoms with Crippen molar-refractivity contribution in [1.82, 2.24) is 15.1 Å². The van der Waals surface area contributed by atoms with E-state index in [0.717, 1.165) is 51.3 Å². The Hall–Kier alpha value is -1.59. The van der Waals surface area contributed by atoms with Crippen molar-refractivity contribution in [2.45, 2.75) is 38.8 Å². The van der Waals surface area contributed by atoms with E-state index in [2.05, 4.69) is 34.3 Å². The second-order valence-electron chi connectivity index (χ2n) is 7.54. The third-order valence-electron chi connectivity index (χ3n) is 5.28. The van der Waals surface area contributed by atoms with Crippen LogP contribution in [0.25, 0.3) is 0 Å². The summed E-state index contributed by atoms with van der Waals surface area (Å²) in [4.78, 5) is 17.3. The SMILES string of the molecule is CC(C)Oc1ccc([C@H]2CN(C(=O)C3CCNCC3)CCN2C)cc1. The number of piperazine rings is 1. The maximum atomic E-state index is 12.9. The first-order valence-corrected chi connectivity index (χ1v) is 9.51. The molecule has 5 heteroatoms. The van der Waals surface area contributed by atoms with Gasteiger partial charge in [0.1, 0.15) is 5.75 Å². The number of piperidine rings is 1. The molecule has 25 heavy (non-hydrogen) atoms. The lowest BCUT2D eigenvalue weighted by molar-refractivity contribution is -0.139. The van der Waals surface area contributed by atoms with Crippen molar-refractivity contribution in [3.05, 3.63) is 29.8 Å². The van der Waals surface area contributed by atoms with Crippen LogP contribution in [0.3, 0.4) is 0 Å². The smallest absolute Gasteiger partial charge is 0.225 e. The number of hydrogen-bond acceptors (Lipinski definition) is 4. The van der Waals surface area contributed by atoms with Gasteiger partial charge in [-0.3, -0.25) is 9.69 Å². The molecule has 2 heterocycles. The minimum atomic E-state index is 0.182. The highest BCUT2D eigenvalue weighted by molar-refractivity contribution is 5.79. The van der Waals surface area contributed by atoms with Crippen LogP contribution in [0.2, 0.25) is 0 Å². The zero-order valence-corrected chi connectivity index (χ0v) is 15.7. The zero-order chi connectivity index (χ0) is 17.8. The van der Waals surface area contributed by atoms with Gasteiger partial charge in [-0.15, -0.1) is 0 Å². The van der Waals surface area contributed by atoms with Gasteiger partial charge in [-0.25, -0.2) is 0 Å². The van der Waals surface area contributed by atoms with E-state index in [1.807, 2.05) is 26.0 Å². The first-order chi connectivity index (χ1) is 12.0. The van der Waals surface area contributed by atoms with Crippen molar-refractivity contribution in [3.63, 3.8) is 0 Å². The van der Waals surface area contributed by atoms with Crippen molar-refractivity contribution in [2.24, 2.45) is 5.92 Å². The van der Waals surface area contributed by atoms with Gasteiger partial charge >= 0.3 is 0 Å². The Morgan fingerprint density at radius 3 is 2.48 bits per heavy atom. The highest BCUT2D eigenvalue weighted by Crippen LogP contribution is 2.27. The molecule has 0 unspecified atom stereocenters. The Balaban J connectivity index is 1.66. The second kappa shape index (κ2) is 8.19. The number of nitrogens with zero attached hydrogens (tertiary/aromatic N) is 2. The van der Waals surface area contributed by atoms with Gasteiger partial charge in [0, 0.05) is 25.6 Å². The first-order valence-electron chi connectivity index (χ1n) is 9.51. The maximum absolute atomic E-state index is 12.9. The Bertz CT molecular complexity index is 567. The number of benzene rings is 1. The average molecular weight is 345 g/mol.